The van der Waals surface area contributed by atoms with Crippen molar-refractivity contribution in [2.45, 2.75) is 6.61 Å². The molecule has 1 aliphatic rings. The van der Waals surface area contributed by atoms with E-state index in [1.54, 1.807) is 54.6 Å². The zero-order valence-corrected chi connectivity index (χ0v) is 21.0. The van der Waals surface area contributed by atoms with Crippen molar-refractivity contribution >= 4 is 80.3 Å². The van der Waals surface area contributed by atoms with Crippen LogP contribution in [0.2, 0.25) is 15.1 Å². The fraction of sp³-hybridized carbons (Fsp3) is 0.0417. The summed E-state index contributed by atoms with van der Waals surface area (Å²) in [5, 5.41) is 3.55. The third-order valence-electron chi connectivity index (χ3n) is 4.83. The Hall–Kier alpha value is -2.84. The average molecular weight is 581 g/mol. The van der Waals surface area contributed by atoms with Crippen molar-refractivity contribution in [3.05, 3.63) is 96.9 Å². The molecule has 3 aromatic carbocycles. The summed E-state index contributed by atoms with van der Waals surface area (Å²) in [7, 11) is 0. The number of urea groups is 1. The minimum Gasteiger partial charge on any atom is -0.488 e. The molecule has 0 bridgehead atoms. The van der Waals surface area contributed by atoms with Crippen LogP contribution < -0.4 is 15.0 Å². The Morgan fingerprint density at radius 1 is 0.941 bits per heavy atom. The normalized spacial score (nSPS) is 15.0. The lowest BCUT2D eigenvalue weighted by atomic mass is 10.1. The van der Waals surface area contributed by atoms with Gasteiger partial charge in [0.2, 0.25) is 0 Å². The molecule has 0 aromatic heterocycles. The van der Waals surface area contributed by atoms with Crippen LogP contribution in [0, 0.1) is 0 Å². The predicted molar refractivity (Wildman–Crippen MR) is 135 cm³/mol. The van der Waals surface area contributed by atoms with Crippen LogP contribution in [0.4, 0.5) is 10.5 Å². The molecule has 0 aliphatic carbocycles. The molecule has 4 rings (SSSR count). The molecule has 172 valence electrons. The first kappa shape index (κ1) is 24.3. The van der Waals surface area contributed by atoms with Gasteiger partial charge in [-0.3, -0.25) is 14.9 Å². The molecule has 3 aromatic rings. The van der Waals surface area contributed by atoms with Crippen molar-refractivity contribution in [3.63, 3.8) is 0 Å². The molecule has 34 heavy (non-hydrogen) atoms. The minimum absolute atomic E-state index is 0.201. The van der Waals surface area contributed by atoms with Crippen LogP contribution >= 0.6 is 50.7 Å². The fourth-order valence-corrected chi connectivity index (χ4v) is 4.35. The molecule has 6 nitrogen and oxygen atoms in total. The Kier molecular flexibility index (Phi) is 7.28. The highest BCUT2D eigenvalue weighted by Crippen LogP contribution is 2.30. The number of nitrogens with zero attached hydrogens (tertiary/aromatic N) is 1. The van der Waals surface area contributed by atoms with Gasteiger partial charge in [-0.15, -0.1) is 0 Å². The summed E-state index contributed by atoms with van der Waals surface area (Å²) in [6.45, 7) is 0.215. The molecule has 1 saturated heterocycles. The van der Waals surface area contributed by atoms with Gasteiger partial charge in [0.05, 0.1) is 10.2 Å². The van der Waals surface area contributed by atoms with Crippen LogP contribution in [0.3, 0.4) is 0 Å². The Balaban J connectivity index is 1.56. The number of hydrogen-bond donors (Lipinski definition) is 1. The lowest BCUT2D eigenvalue weighted by molar-refractivity contribution is -0.122. The second kappa shape index (κ2) is 10.2. The summed E-state index contributed by atoms with van der Waals surface area (Å²) in [5.74, 6) is -1.02. The molecule has 1 aliphatic heterocycles. The third kappa shape index (κ3) is 5.28. The highest BCUT2D eigenvalue weighted by atomic mass is 79.9. The number of ether oxygens (including phenoxy) is 1. The number of halogens is 4. The standard InChI is InChI=1S/C24H14BrCl3N2O4/c25-19-9-13(4-7-21(19)34-12-14-5-6-16(27)11-20(14)28)8-18-22(31)29-24(33)30(23(18)32)17-3-1-2-15(26)10-17/h1-11H,12H2,(H,29,31,33)/b18-8+. The summed E-state index contributed by atoms with van der Waals surface area (Å²) < 4.78 is 6.42. The molecule has 0 radical (unpaired) electrons. The van der Waals surface area contributed by atoms with Gasteiger partial charge in [-0.1, -0.05) is 53.0 Å². The van der Waals surface area contributed by atoms with Crippen LogP contribution in [-0.4, -0.2) is 17.8 Å². The summed E-state index contributed by atoms with van der Waals surface area (Å²) in [4.78, 5) is 38.6. The van der Waals surface area contributed by atoms with Gasteiger partial charge >= 0.3 is 6.03 Å². The van der Waals surface area contributed by atoms with E-state index in [2.05, 4.69) is 21.2 Å². The second-order valence-corrected chi connectivity index (χ2v) is 9.29. The van der Waals surface area contributed by atoms with Gasteiger partial charge in [-0.25, -0.2) is 9.69 Å². The van der Waals surface area contributed by atoms with Crippen molar-refractivity contribution in [2.24, 2.45) is 0 Å². The molecular weight excluding hydrogens is 567 g/mol. The second-order valence-electron chi connectivity index (χ2n) is 7.15. The average Bonchev–Trinajstić information content (AvgIpc) is 2.77. The number of nitrogens with one attached hydrogen (secondary N) is 1. The zero-order chi connectivity index (χ0) is 24.4. The van der Waals surface area contributed by atoms with Crippen molar-refractivity contribution in [2.75, 3.05) is 4.90 Å². The van der Waals surface area contributed by atoms with E-state index in [0.717, 1.165) is 10.5 Å². The van der Waals surface area contributed by atoms with E-state index >= 15 is 0 Å². The van der Waals surface area contributed by atoms with E-state index in [0.29, 0.717) is 30.9 Å². The van der Waals surface area contributed by atoms with Gasteiger partial charge in [-0.05, 0) is 70.0 Å². The first-order chi connectivity index (χ1) is 16.2. The largest absolute Gasteiger partial charge is 0.488 e. The van der Waals surface area contributed by atoms with Gasteiger partial charge in [0.25, 0.3) is 11.8 Å². The molecular formula is C24H14BrCl3N2O4. The highest BCUT2D eigenvalue weighted by Gasteiger charge is 2.36. The van der Waals surface area contributed by atoms with Crippen LogP contribution in [-0.2, 0) is 16.2 Å². The summed E-state index contributed by atoms with van der Waals surface area (Å²) in [6.07, 6.45) is 1.40. The number of hydrogen-bond acceptors (Lipinski definition) is 4. The van der Waals surface area contributed by atoms with E-state index in [1.165, 1.54) is 12.1 Å². The Labute approximate surface area is 218 Å². The minimum atomic E-state index is -0.847. The Bertz CT molecular complexity index is 1360. The van der Waals surface area contributed by atoms with Crippen LogP contribution in [0.15, 0.2) is 70.7 Å². The smallest absolute Gasteiger partial charge is 0.335 e. The Morgan fingerprint density at radius 3 is 2.41 bits per heavy atom. The van der Waals surface area contributed by atoms with Crippen molar-refractivity contribution in [3.8, 4) is 5.75 Å². The molecule has 10 heteroatoms. The predicted octanol–water partition coefficient (Wildman–Crippen LogP) is 6.65. The maximum atomic E-state index is 13.0. The summed E-state index contributed by atoms with van der Waals surface area (Å²) in [5.41, 5.74) is 1.36. The maximum Gasteiger partial charge on any atom is 0.335 e. The van der Waals surface area contributed by atoms with Crippen molar-refractivity contribution < 1.29 is 19.1 Å². The number of carbonyl (C=O) groups is 3. The number of imide groups is 2. The first-order valence-corrected chi connectivity index (χ1v) is 11.7. The van der Waals surface area contributed by atoms with Crippen LogP contribution in [0.25, 0.3) is 6.08 Å². The zero-order valence-electron chi connectivity index (χ0n) is 17.2. The molecule has 0 saturated carbocycles. The molecule has 1 N–H and O–H groups in total. The summed E-state index contributed by atoms with van der Waals surface area (Å²) >= 11 is 21.5. The number of barbiturate groups is 1. The maximum absolute atomic E-state index is 13.0. The number of rotatable bonds is 5. The van der Waals surface area contributed by atoms with Gasteiger partial charge in [0, 0.05) is 20.6 Å². The van der Waals surface area contributed by atoms with E-state index < -0.39 is 17.8 Å². The number of benzene rings is 3. The summed E-state index contributed by atoms with van der Waals surface area (Å²) in [6, 6.07) is 15.6. The van der Waals surface area contributed by atoms with Crippen LogP contribution in [0.5, 0.6) is 5.75 Å². The van der Waals surface area contributed by atoms with Gasteiger partial charge in [-0.2, -0.15) is 0 Å². The molecule has 4 amide bonds. The quantitative estimate of drug-likeness (QED) is 0.271. The van der Waals surface area contributed by atoms with E-state index in [9.17, 15) is 14.4 Å². The number of carbonyl (C=O) groups excluding carboxylic acids is 3. The van der Waals surface area contributed by atoms with E-state index in [4.69, 9.17) is 39.5 Å². The third-order valence-corrected chi connectivity index (χ3v) is 6.28. The highest BCUT2D eigenvalue weighted by molar-refractivity contribution is 9.10. The lowest BCUT2D eigenvalue weighted by Crippen LogP contribution is -2.54. The fourth-order valence-electron chi connectivity index (χ4n) is 3.19. The number of amides is 4. The van der Waals surface area contributed by atoms with E-state index in [1.807, 2.05) is 0 Å². The first-order valence-electron chi connectivity index (χ1n) is 9.76. The molecule has 0 unspecified atom stereocenters. The molecule has 0 spiro atoms. The number of anilines is 1. The molecule has 1 heterocycles. The van der Waals surface area contributed by atoms with E-state index in [-0.39, 0.29) is 17.9 Å². The van der Waals surface area contributed by atoms with Gasteiger partial charge in [0.15, 0.2) is 0 Å². The van der Waals surface area contributed by atoms with Crippen LogP contribution in [0.1, 0.15) is 11.1 Å². The monoisotopic (exact) mass is 578 g/mol. The van der Waals surface area contributed by atoms with Gasteiger partial charge < -0.3 is 4.74 Å². The van der Waals surface area contributed by atoms with Crippen molar-refractivity contribution in [1.82, 2.24) is 5.32 Å². The molecule has 0 atom stereocenters. The lowest BCUT2D eigenvalue weighted by Gasteiger charge is -2.26. The van der Waals surface area contributed by atoms with Gasteiger partial charge in [0.1, 0.15) is 17.9 Å². The topological polar surface area (TPSA) is 75.7 Å². The van der Waals surface area contributed by atoms with Crippen molar-refractivity contribution in [1.29, 1.82) is 0 Å². The Morgan fingerprint density at radius 2 is 1.71 bits per heavy atom. The SMILES string of the molecule is O=C1NC(=O)N(c2cccc(Cl)c2)C(=O)/C1=C/c1ccc(OCc2ccc(Cl)cc2Cl)c(Br)c1. The molecule has 1 fully saturated rings.